The number of hydrogen-bond donors (Lipinski definition) is 3. The third-order valence-electron chi connectivity index (χ3n) is 5.29. The number of anilines is 5. The second-order valence-corrected chi connectivity index (χ2v) is 8.83. The Labute approximate surface area is 221 Å². The number of aryl methyl sites for hydroxylation is 2. The first-order valence-corrected chi connectivity index (χ1v) is 11.8. The van der Waals surface area contributed by atoms with Crippen molar-refractivity contribution in [2.45, 2.75) is 13.8 Å². The molecule has 0 aliphatic heterocycles. The van der Waals surface area contributed by atoms with Gasteiger partial charge in [-0.05, 0) is 67.4 Å². The third-order valence-corrected chi connectivity index (χ3v) is 5.79. The van der Waals surface area contributed by atoms with Gasteiger partial charge in [0.2, 0.25) is 17.8 Å². The first-order chi connectivity index (χ1) is 17.8. The van der Waals surface area contributed by atoms with Gasteiger partial charge >= 0.3 is 0 Å². The van der Waals surface area contributed by atoms with Crippen LogP contribution in [0.15, 0.2) is 70.2 Å². The first kappa shape index (κ1) is 25.5. The lowest BCUT2D eigenvalue weighted by atomic mass is 10.1. The number of nitro benzene ring substituents is 1. The van der Waals surface area contributed by atoms with Crippen molar-refractivity contribution in [3.05, 3.63) is 91.9 Å². The molecule has 0 fully saturated rings. The van der Waals surface area contributed by atoms with E-state index in [0.29, 0.717) is 11.4 Å². The summed E-state index contributed by atoms with van der Waals surface area (Å²) in [5.74, 6) is 1.33. The highest BCUT2D eigenvalue weighted by Gasteiger charge is 2.10. The Morgan fingerprint density at radius 3 is 2.19 bits per heavy atom. The molecule has 0 atom stereocenters. The number of halogens is 1. The van der Waals surface area contributed by atoms with Crippen molar-refractivity contribution in [3.8, 4) is 5.75 Å². The maximum absolute atomic E-state index is 11.0. The number of non-ortho nitro benzene ring substituents is 1. The van der Waals surface area contributed by atoms with E-state index in [0.717, 1.165) is 21.3 Å². The van der Waals surface area contributed by atoms with Gasteiger partial charge in [-0.1, -0.05) is 22.0 Å². The summed E-state index contributed by atoms with van der Waals surface area (Å²) in [4.78, 5) is 23.7. The molecule has 0 saturated heterocycles. The van der Waals surface area contributed by atoms with Crippen molar-refractivity contribution < 1.29 is 9.66 Å². The fourth-order valence-electron chi connectivity index (χ4n) is 3.25. The molecule has 0 unspecified atom stereocenters. The van der Waals surface area contributed by atoms with Gasteiger partial charge in [-0.3, -0.25) is 10.1 Å². The number of benzene rings is 3. The number of nitrogens with one attached hydrogen (secondary N) is 3. The predicted octanol–water partition coefficient (Wildman–Crippen LogP) is 6.10. The Balaban J connectivity index is 1.61. The summed E-state index contributed by atoms with van der Waals surface area (Å²) < 4.78 is 6.25. The summed E-state index contributed by atoms with van der Waals surface area (Å²) >= 11 is 3.44. The van der Waals surface area contributed by atoms with E-state index in [4.69, 9.17) is 4.74 Å². The molecule has 37 heavy (non-hydrogen) atoms. The second kappa shape index (κ2) is 11.4. The Morgan fingerprint density at radius 1 is 0.892 bits per heavy atom. The van der Waals surface area contributed by atoms with E-state index < -0.39 is 4.92 Å². The molecule has 188 valence electrons. The SMILES string of the molecule is COc1ccc(Br)cc1/C=N\Nc1nc(Nc2ccc([N+](=O)[O-])cc2)nc(Nc2ccc(C)c(C)c2)n1. The highest BCUT2D eigenvalue weighted by atomic mass is 79.9. The van der Waals surface area contributed by atoms with Gasteiger partial charge in [-0.15, -0.1) is 0 Å². The van der Waals surface area contributed by atoms with E-state index in [1.807, 2.05) is 50.2 Å². The zero-order valence-electron chi connectivity index (χ0n) is 20.2. The Bertz CT molecular complexity index is 1460. The van der Waals surface area contributed by atoms with Crippen molar-refractivity contribution in [3.63, 3.8) is 0 Å². The minimum atomic E-state index is -0.460. The van der Waals surface area contributed by atoms with E-state index in [-0.39, 0.29) is 23.5 Å². The molecule has 4 aromatic rings. The maximum Gasteiger partial charge on any atom is 0.269 e. The number of hydrogen-bond acceptors (Lipinski definition) is 10. The van der Waals surface area contributed by atoms with Crippen LogP contribution in [0.4, 0.5) is 34.9 Å². The van der Waals surface area contributed by atoms with Crippen LogP contribution in [0.3, 0.4) is 0 Å². The molecule has 0 radical (unpaired) electrons. The van der Waals surface area contributed by atoms with Gasteiger partial charge in [0, 0.05) is 33.5 Å². The number of ether oxygens (including phenoxy) is 1. The molecule has 0 aliphatic rings. The lowest BCUT2D eigenvalue weighted by molar-refractivity contribution is -0.384. The molecule has 4 rings (SSSR count). The van der Waals surface area contributed by atoms with Gasteiger partial charge in [0.15, 0.2) is 0 Å². The first-order valence-electron chi connectivity index (χ1n) is 11.0. The molecule has 0 amide bonds. The van der Waals surface area contributed by atoms with Crippen molar-refractivity contribution in [1.29, 1.82) is 0 Å². The Morgan fingerprint density at radius 2 is 1.54 bits per heavy atom. The standard InChI is InChI=1S/C25H23BrN8O3/c1-15-4-6-20(12-16(15)2)29-24-30-23(28-19-7-9-21(10-8-19)34(35)36)31-25(32-24)33-27-14-17-13-18(26)5-11-22(17)37-3/h4-14H,1-3H3,(H3,28,29,30,31,32,33)/b27-14-. The highest BCUT2D eigenvalue weighted by Crippen LogP contribution is 2.23. The third kappa shape index (κ3) is 6.76. The Kier molecular flexibility index (Phi) is 7.89. The summed E-state index contributed by atoms with van der Waals surface area (Å²) in [5.41, 5.74) is 7.23. The van der Waals surface area contributed by atoms with E-state index in [9.17, 15) is 10.1 Å². The Hall–Kier alpha value is -4.58. The van der Waals surface area contributed by atoms with Crippen LogP contribution in [0, 0.1) is 24.0 Å². The van der Waals surface area contributed by atoms with Gasteiger partial charge in [0.05, 0.1) is 18.2 Å². The van der Waals surface area contributed by atoms with Crippen molar-refractivity contribution >= 4 is 57.1 Å². The van der Waals surface area contributed by atoms with Gasteiger partial charge in [-0.25, -0.2) is 5.43 Å². The molecule has 0 aliphatic carbocycles. The average Bonchev–Trinajstić information content (AvgIpc) is 2.87. The molecule has 3 N–H and O–H groups in total. The van der Waals surface area contributed by atoms with Crippen LogP contribution < -0.4 is 20.8 Å². The van der Waals surface area contributed by atoms with Crippen molar-refractivity contribution in [2.24, 2.45) is 5.10 Å². The molecule has 0 spiro atoms. The lowest BCUT2D eigenvalue weighted by Gasteiger charge is -2.11. The van der Waals surface area contributed by atoms with Crippen LogP contribution in [0.1, 0.15) is 16.7 Å². The largest absolute Gasteiger partial charge is 0.496 e. The normalized spacial score (nSPS) is 10.8. The molecule has 1 heterocycles. The van der Waals surface area contributed by atoms with E-state index in [1.54, 1.807) is 25.5 Å². The zero-order valence-corrected chi connectivity index (χ0v) is 21.8. The van der Waals surface area contributed by atoms with Crippen LogP contribution in [-0.4, -0.2) is 33.2 Å². The predicted molar refractivity (Wildman–Crippen MR) is 147 cm³/mol. The quantitative estimate of drug-likeness (QED) is 0.125. The van der Waals surface area contributed by atoms with Gasteiger partial charge < -0.3 is 15.4 Å². The molecule has 3 aromatic carbocycles. The van der Waals surface area contributed by atoms with Crippen molar-refractivity contribution in [1.82, 2.24) is 15.0 Å². The molecular weight excluding hydrogens is 540 g/mol. The molecule has 12 heteroatoms. The monoisotopic (exact) mass is 562 g/mol. The van der Waals surface area contributed by atoms with Gasteiger partial charge in [0.25, 0.3) is 5.69 Å². The number of methoxy groups -OCH3 is 1. The van der Waals surface area contributed by atoms with E-state index >= 15 is 0 Å². The van der Waals surface area contributed by atoms with Crippen molar-refractivity contribution in [2.75, 3.05) is 23.2 Å². The zero-order chi connectivity index (χ0) is 26.4. The molecule has 0 saturated carbocycles. The molecule has 0 bridgehead atoms. The second-order valence-electron chi connectivity index (χ2n) is 7.92. The van der Waals surface area contributed by atoms with Crippen LogP contribution in [0.2, 0.25) is 0 Å². The molecular formula is C25H23BrN8O3. The average molecular weight is 563 g/mol. The number of rotatable bonds is 9. The van der Waals surface area contributed by atoms with E-state index in [1.165, 1.54) is 17.7 Å². The molecule has 1 aromatic heterocycles. The summed E-state index contributed by atoms with van der Waals surface area (Å²) in [6.07, 6.45) is 1.59. The topological polar surface area (TPSA) is 139 Å². The number of hydrazone groups is 1. The number of nitrogens with zero attached hydrogens (tertiary/aromatic N) is 5. The highest BCUT2D eigenvalue weighted by molar-refractivity contribution is 9.10. The van der Waals surface area contributed by atoms with Gasteiger partial charge in [0.1, 0.15) is 5.75 Å². The van der Waals surface area contributed by atoms with Crippen LogP contribution in [-0.2, 0) is 0 Å². The van der Waals surface area contributed by atoms with Crippen LogP contribution >= 0.6 is 15.9 Å². The minimum Gasteiger partial charge on any atom is -0.496 e. The summed E-state index contributed by atoms with van der Waals surface area (Å²) in [6, 6.07) is 17.4. The maximum atomic E-state index is 11.0. The lowest BCUT2D eigenvalue weighted by Crippen LogP contribution is -2.07. The summed E-state index contributed by atoms with van der Waals surface area (Å²) in [6.45, 7) is 4.06. The summed E-state index contributed by atoms with van der Waals surface area (Å²) in [7, 11) is 1.58. The fraction of sp³-hybridized carbons (Fsp3) is 0.120. The molecule has 11 nitrogen and oxygen atoms in total. The number of nitro groups is 1. The van der Waals surface area contributed by atoms with E-state index in [2.05, 4.69) is 52.0 Å². The fourth-order valence-corrected chi connectivity index (χ4v) is 3.63. The summed E-state index contributed by atoms with van der Waals surface area (Å²) in [5, 5.41) is 21.4. The minimum absolute atomic E-state index is 0.0158. The van der Waals surface area contributed by atoms with Crippen LogP contribution in [0.5, 0.6) is 5.75 Å². The van der Waals surface area contributed by atoms with Gasteiger partial charge in [-0.2, -0.15) is 20.1 Å². The van der Waals surface area contributed by atoms with Crippen LogP contribution in [0.25, 0.3) is 0 Å². The smallest absolute Gasteiger partial charge is 0.269 e. The number of aromatic nitrogens is 3.